The van der Waals surface area contributed by atoms with Crippen molar-refractivity contribution >= 4 is 8.07 Å². The Morgan fingerprint density at radius 2 is 1.89 bits per heavy atom. The van der Waals surface area contributed by atoms with Crippen LogP contribution in [-0.4, -0.2) is 57.4 Å². The maximum absolute atomic E-state index is 13.6. The van der Waals surface area contributed by atoms with Crippen LogP contribution in [0.25, 0.3) is 0 Å². The van der Waals surface area contributed by atoms with Gasteiger partial charge in [0.2, 0.25) is 5.82 Å². The molecule has 0 radical (unpaired) electrons. The highest BCUT2D eigenvalue weighted by atomic mass is 28.3. The van der Waals surface area contributed by atoms with Gasteiger partial charge in [0.1, 0.15) is 20.3 Å². The smallest absolute Gasteiger partial charge is 0.330 e. The Balaban J connectivity index is 2.49. The summed E-state index contributed by atoms with van der Waals surface area (Å²) < 4.78 is 19.8. The first-order chi connectivity index (χ1) is 12.7. The molecule has 10 heteroatoms. The molecule has 0 unspecified atom stereocenters. The number of aromatic amines is 1. The molecule has 2 rings (SSSR count). The number of nitrogens with zero attached hydrogens (tertiary/aromatic N) is 1. The number of nitrogens with one attached hydrogen (secondary N) is 1. The number of hydrogen-bond donors (Lipinski definition) is 4. The molecule has 1 aromatic heterocycles. The molecule has 1 aliphatic heterocycles. The van der Waals surface area contributed by atoms with Crippen LogP contribution in [-0.2, 0) is 4.74 Å². The summed E-state index contributed by atoms with van der Waals surface area (Å²) in [7, 11) is -1.95. The third-order valence-corrected chi connectivity index (χ3v) is 10.1. The highest BCUT2D eigenvalue weighted by Crippen LogP contribution is 2.36. The van der Waals surface area contributed by atoms with E-state index in [4.69, 9.17) is 4.74 Å². The lowest BCUT2D eigenvalue weighted by Crippen LogP contribution is -2.46. The molecule has 0 aliphatic carbocycles. The van der Waals surface area contributed by atoms with E-state index in [0.717, 1.165) is 18.1 Å². The van der Waals surface area contributed by atoms with E-state index in [0.29, 0.717) is 10.8 Å². The van der Waals surface area contributed by atoms with E-state index >= 15 is 0 Å². The van der Waals surface area contributed by atoms with Crippen LogP contribution >= 0.6 is 0 Å². The third-order valence-electron chi connectivity index (χ3n) is 5.43. The number of ether oxygens (including phenoxy) is 1. The molecular weight excluding hydrogens is 375 g/mol. The average molecular weight is 400 g/mol. The molecule has 0 saturated carbocycles. The van der Waals surface area contributed by atoms with Crippen LogP contribution < -0.4 is 11.2 Å². The first kappa shape index (κ1) is 21.5. The standard InChI is InChI=1S/C17H25FN2O6Si/c1-4-27(5-2,6-3)8-7-17(10-21)13(23)12(22)15(26-17)20-9-11(18)14(24)19-16(20)25/h9,12-13,15,21-23H,4-6,10H2,1-3H3,(H,19,24,25)/t12-,13+,15-,17-/m1/s1. The average Bonchev–Trinajstić information content (AvgIpc) is 2.92. The summed E-state index contributed by atoms with van der Waals surface area (Å²) in [4.78, 5) is 24.9. The molecule has 4 atom stereocenters. The van der Waals surface area contributed by atoms with Crippen molar-refractivity contribution in [2.75, 3.05) is 6.61 Å². The Morgan fingerprint density at radius 3 is 2.41 bits per heavy atom. The van der Waals surface area contributed by atoms with Crippen LogP contribution in [0.1, 0.15) is 27.0 Å². The van der Waals surface area contributed by atoms with E-state index in [1.807, 2.05) is 20.8 Å². The lowest BCUT2D eigenvalue weighted by atomic mass is 9.97. The minimum absolute atomic E-state index is 0.589. The summed E-state index contributed by atoms with van der Waals surface area (Å²) in [5.41, 5.74) is -0.845. The number of aromatic nitrogens is 2. The van der Waals surface area contributed by atoms with Crippen LogP contribution in [0.2, 0.25) is 18.1 Å². The van der Waals surface area contributed by atoms with Gasteiger partial charge >= 0.3 is 5.69 Å². The molecule has 1 aromatic rings. The summed E-state index contributed by atoms with van der Waals surface area (Å²) in [5.74, 6) is 1.56. The van der Waals surface area contributed by atoms with Gasteiger partial charge in [-0.15, -0.1) is 5.54 Å². The molecule has 0 bridgehead atoms. The molecule has 150 valence electrons. The van der Waals surface area contributed by atoms with Crippen molar-refractivity contribution in [3.05, 3.63) is 32.9 Å². The van der Waals surface area contributed by atoms with Crippen molar-refractivity contribution in [1.82, 2.24) is 9.55 Å². The summed E-state index contributed by atoms with van der Waals surface area (Å²) >= 11 is 0. The van der Waals surface area contributed by atoms with Crippen LogP contribution in [0.15, 0.2) is 15.8 Å². The zero-order chi connectivity index (χ0) is 20.4. The van der Waals surface area contributed by atoms with Gasteiger partial charge in [-0.25, -0.2) is 4.79 Å². The SMILES string of the molecule is CC[Si](C#C[C@]1(CO)O[C@@H](n2cc(F)c(=O)[nH]c2=O)[C@H](O)[C@@H]1O)(CC)CC. The zero-order valence-electron chi connectivity index (χ0n) is 15.5. The van der Waals surface area contributed by atoms with Crippen molar-refractivity contribution in [2.24, 2.45) is 0 Å². The van der Waals surface area contributed by atoms with E-state index in [1.54, 1.807) is 4.98 Å². The quantitative estimate of drug-likeness (QED) is 0.398. The van der Waals surface area contributed by atoms with Crippen LogP contribution in [0.5, 0.6) is 0 Å². The van der Waals surface area contributed by atoms with Crippen molar-refractivity contribution < 1.29 is 24.4 Å². The van der Waals surface area contributed by atoms with E-state index in [1.165, 1.54) is 0 Å². The molecule has 8 nitrogen and oxygen atoms in total. The number of rotatable bonds is 5. The minimum atomic E-state index is -1.95. The molecule has 1 fully saturated rings. The highest BCUT2D eigenvalue weighted by molar-refractivity contribution is 6.87. The normalized spacial score (nSPS) is 28.0. The molecule has 0 amide bonds. The molecule has 0 aromatic carbocycles. The molecule has 2 heterocycles. The summed E-state index contributed by atoms with van der Waals surface area (Å²) in [6.07, 6.45) is -4.21. The molecule has 4 N–H and O–H groups in total. The zero-order valence-corrected chi connectivity index (χ0v) is 16.5. The maximum atomic E-state index is 13.6. The lowest BCUT2D eigenvalue weighted by Gasteiger charge is -2.26. The maximum Gasteiger partial charge on any atom is 0.330 e. The Kier molecular flexibility index (Phi) is 6.44. The van der Waals surface area contributed by atoms with Gasteiger partial charge in [-0.3, -0.25) is 14.3 Å². The second-order valence-corrected chi connectivity index (χ2v) is 11.7. The molecule has 0 spiro atoms. The van der Waals surface area contributed by atoms with Gasteiger partial charge in [0.25, 0.3) is 5.56 Å². The second-order valence-electron chi connectivity index (χ2n) is 6.73. The van der Waals surface area contributed by atoms with E-state index in [9.17, 15) is 29.3 Å². The first-order valence-electron chi connectivity index (χ1n) is 8.89. The van der Waals surface area contributed by atoms with E-state index in [2.05, 4.69) is 11.5 Å². The van der Waals surface area contributed by atoms with E-state index < -0.39 is 55.8 Å². The Bertz CT molecular complexity index is 847. The Labute approximate surface area is 156 Å². The van der Waals surface area contributed by atoms with Crippen molar-refractivity contribution in [2.45, 2.75) is 62.9 Å². The predicted octanol–water partition coefficient (Wildman–Crippen LogP) is -0.292. The molecule has 27 heavy (non-hydrogen) atoms. The summed E-state index contributed by atoms with van der Waals surface area (Å²) in [6.45, 7) is 5.38. The number of H-pyrrole nitrogens is 1. The van der Waals surface area contributed by atoms with Gasteiger partial charge in [-0.1, -0.05) is 26.7 Å². The molecule has 1 saturated heterocycles. The van der Waals surface area contributed by atoms with Gasteiger partial charge in [0, 0.05) is 0 Å². The Morgan fingerprint density at radius 1 is 1.30 bits per heavy atom. The first-order valence-corrected chi connectivity index (χ1v) is 11.5. The highest BCUT2D eigenvalue weighted by Gasteiger charge is 2.54. The minimum Gasteiger partial charge on any atom is -0.392 e. The van der Waals surface area contributed by atoms with Crippen molar-refractivity contribution in [3.8, 4) is 11.5 Å². The molecular formula is C17H25FN2O6Si. The largest absolute Gasteiger partial charge is 0.392 e. The number of aliphatic hydroxyl groups is 3. The second kappa shape index (κ2) is 8.08. The topological polar surface area (TPSA) is 125 Å². The third kappa shape index (κ3) is 3.79. The summed E-state index contributed by atoms with van der Waals surface area (Å²) in [6, 6.07) is 2.63. The van der Waals surface area contributed by atoms with Crippen molar-refractivity contribution in [1.29, 1.82) is 0 Å². The van der Waals surface area contributed by atoms with Crippen LogP contribution in [0.4, 0.5) is 4.39 Å². The van der Waals surface area contributed by atoms with E-state index in [-0.39, 0.29) is 0 Å². The van der Waals surface area contributed by atoms with Gasteiger partial charge in [-0.05, 0) is 18.1 Å². The Hall–Kier alpha value is -1.77. The van der Waals surface area contributed by atoms with Gasteiger partial charge in [0.15, 0.2) is 11.8 Å². The fraction of sp³-hybridized carbons (Fsp3) is 0.647. The van der Waals surface area contributed by atoms with Crippen LogP contribution in [0.3, 0.4) is 0 Å². The van der Waals surface area contributed by atoms with Crippen LogP contribution in [0, 0.1) is 17.3 Å². The monoisotopic (exact) mass is 400 g/mol. The fourth-order valence-electron chi connectivity index (χ4n) is 3.19. The molecule has 1 aliphatic rings. The number of aliphatic hydroxyl groups excluding tert-OH is 3. The van der Waals surface area contributed by atoms with Gasteiger partial charge in [-0.2, -0.15) is 4.39 Å². The lowest BCUT2D eigenvalue weighted by molar-refractivity contribution is -0.0939. The van der Waals surface area contributed by atoms with Gasteiger partial charge in [0.05, 0.1) is 12.8 Å². The predicted molar refractivity (Wildman–Crippen MR) is 98.2 cm³/mol. The number of hydrogen-bond acceptors (Lipinski definition) is 6. The van der Waals surface area contributed by atoms with Crippen molar-refractivity contribution in [3.63, 3.8) is 0 Å². The summed E-state index contributed by atoms with van der Waals surface area (Å²) in [5, 5.41) is 30.7. The van der Waals surface area contributed by atoms with Gasteiger partial charge < -0.3 is 20.1 Å². The number of halogens is 1. The fourth-order valence-corrected chi connectivity index (χ4v) is 5.69.